The highest BCUT2D eigenvalue weighted by Gasteiger charge is 2.08. The van der Waals surface area contributed by atoms with Gasteiger partial charge in [0.15, 0.2) is 0 Å². The lowest BCUT2D eigenvalue weighted by molar-refractivity contribution is 0.475. The third-order valence-electron chi connectivity index (χ3n) is 1.88. The standard InChI is InChI=1S/C10H11NOS/c12-10-3-1-2-8(6-10)11-9-4-5-13-7-9/h1-6,9,11-12H,7H2. The molecule has 2 rings (SSSR count). The molecule has 13 heavy (non-hydrogen) atoms. The van der Waals surface area contributed by atoms with E-state index < -0.39 is 0 Å². The van der Waals surface area contributed by atoms with Gasteiger partial charge in [-0.2, -0.15) is 0 Å². The van der Waals surface area contributed by atoms with E-state index in [4.69, 9.17) is 0 Å². The van der Waals surface area contributed by atoms with Crippen molar-refractivity contribution in [2.24, 2.45) is 0 Å². The summed E-state index contributed by atoms with van der Waals surface area (Å²) >= 11 is 1.80. The number of benzene rings is 1. The molecule has 68 valence electrons. The van der Waals surface area contributed by atoms with E-state index >= 15 is 0 Å². The molecule has 2 nitrogen and oxygen atoms in total. The van der Waals surface area contributed by atoms with Gasteiger partial charge in [-0.15, -0.1) is 11.8 Å². The van der Waals surface area contributed by atoms with E-state index in [0.29, 0.717) is 11.8 Å². The molecular formula is C10H11NOS. The van der Waals surface area contributed by atoms with Crippen molar-refractivity contribution in [2.45, 2.75) is 6.04 Å². The van der Waals surface area contributed by atoms with Gasteiger partial charge in [0.05, 0.1) is 6.04 Å². The summed E-state index contributed by atoms with van der Waals surface area (Å²) in [7, 11) is 0. The number of phenolic OH excluding ortho intramolecular Hbond substituents is 1. The van der Waals surface area contributed by atoms with Gasteiger partial charge in [0.2, 0.25) is 0 Å². The summed E-state index contributed by atoms with van der Waals surface area (Å²) in [5, 5.41) is 14.6. The second-order valence-electron chi connectivity index (χ2n) is 2.96. The van der Waals surface area contributed by atoms with Crippen LogP contribution in [0.5, 0.6) is 5.75 Å². The van der Waals surface area contributed by atoms with Crippen molar-refractivity contribution in [2.75, 3.05) is 11.1 Å². The summed E-state index contributed by atoms with van der Waals surface area (Å²) in [5.74, 6) is 1.37. The van der Waals surface area contributed by atoms with Gasteiger partial charge < -0.3 is 10.4 Å². The minimum absolute atomic E-state index is 0.305. The van der Waals surface area contributed by atoms with Gasteiger partial charge in [0.1, 0.15) is 5.75 Å². The molecule has 1 aliphatic heterocycles. The number of anilines is 1. The van der Waals surface area contributed by atoms with Crippen LogP contribution < -0.4 is 5.32 Å². The Hall–Kier alpha value is -1.09. The molecule has 0 fully saturated rings. The molecule has 0 spiro atoms. The second kappa shape index (κ2) is 3.75. The van der Waals surface area contributed by atoms with Crippen molar-refractivity contribution in [3.8, 4) is 5.75 Å². The number of thioether (sulfide) groups is 1. The van der Waals surface area contributed by atoms with Crippen molar-refractivity contribution in [3.63, 3.8) is 0 Å². The highest BCUT2D eigenvalue weighted by Crippen LogP contribution is 2.21. The first kappa shape index (κ1) is 8.51. The van der Waals surface area contributed by atoms with Crippen molar-refractivity contribution < 1.29 is 5.11 Å². The van der Waals surface area contributed by atoms with Crippen molar-refractivity contribution in [1.29, 1.82) is 0 Å². The predicted octanol–water partition coefficient (Wildman–Crippen LogP) is 2.43. The molecule has 0 saturated heterocycles. The molecule has 3 heteroatoms. The zero-order valence-corrected chi connectivity index (χ0v) is 7.92. The van der Waals surface area contributed by atoms with Crippen LogP contribution >= 0.6 is 11.8 Å². The molecule has 1 heterocycles. The largest absolute Gasteiger partial charge is 0.508 e. The fourth-order valence-corrected chi connectivity index (χ4v) is 2.08. The van der Waals surface area contributed by atoms with Crippen LogP contribution in [0, 0.1) is 0 Å². The number of nitrogens with one attached hydrogen (secondary N) is 1. The van der Waals surface area contributed by atoms with E-state index in [1.807, 2.05) is 12.1 Å². The van der Waals surface area contributed by atoms with Crippen molar-refractivity contribution in [1.82, 2.24) is 0 Å². The zero-order valence-electron chi connectivity index (χ0n) is 7.10. The van der Waals surface area contributed by atoms with Crippen molar-refractivity contribution >= 4 is 17.4 Å². The molecule has 0 aromatic heterocycles. The van der Waals surface area contributed by atoms with E-state index in [1.54, 1.807) is 23.9 Å². The first-order chi connectivity index (χ1) is 6.34. The number of hydrogen-bond acceptors (Lipinski definition) is 3. The first-order valence-corrected chi connectivity index (χ1v) is 5.23. The summed E-state index contributed by atoms with van der Waals surface area (Å²) < 4.78 is 0. The smallest absolute Gasteiger partial charge is 0.117 e. The van der Waals surface area contributed by atoms with Gasteiger partial charge in [0, 0.05) is 17.5 Å². The quantitative estimate of drug-likeness (QED) is 0.756. The minimum atomic E-state index is 0.305. The minimum Gasteiger partial charge on any atom is -0.508 e. The van der Waals surface area contributed by atoms with Gasteiger partial charge in [-0.05, 0) is 17.5 Å². The molecule has 1 aliphatic rings. The molecular weight excluding hydrogens is 182 g/mol. The van der Waals surface area contributed by atoms with E-state index in [2.05, 4.69) is 16.8 Å². The lowest BCUT2D eigenvalue weighted by atomic mass is 10.2. The van der Waals surface area contributed by atoms with Crippen LogP contribution in [-0.4, -0.2) is 16.9 Å². The van der Waals surface area contributed by atoms with Crippen LogP contribution in [-0.2, 0) is 0 Å². The topological polar surface area (TPSA) is 32.3 Å². The summed E-state index contributed by atoms with van der Waals surface area (Å²) in [6.07, 6.45) is 2.13. The van der Waals surface area contributed by atoms with Gasteiger partial charge in [-0.3, -0.25) is 0 Å². The number of aromatic hydroxyl groups is 1. The van der Waals surface area contributed by atoms with Gasteiger partial charge >= 0.3 is 0 Å². The lowest BCUT2D eigenvalue weighted by Gasteiger charge is -2.11. The Labute approximate surface area is 81.7 Å². The maximum absolute atomic E-state index is 9.22. The Morgan fingerprint density at radius 1 is 1.46 bits per heavy atom. The second-order valence-corrected chi connectivity index (χ2v) is 3.90. The van der Waals surface area contributed by atoms with E-state index in [1.165, 1.54) is 0 Å². The lowest BCUT2D eigenvalue weighted by Crippen LogP contribution is -2.16. The Morgan fingerprint density at radius 2 is 2.38 bits per heavy atom. The van der Waals surface area contributed by atoms with Gasteiger partial charge in [-0.1, -0.05) is 12.1 Å². The first-order valence-electron chi connectivity index (χ1n) is 4.18. The molecule has 0 aliphatic carbocycles. The van der Waals surface area contributed by atoms with Gasteiger partial charge in [-0.25, -0.2) is 0 Å². The van der Waals surface area contributed by atoms with Crippen molar-refractivity contribution in [3.05, 3.63) is 35.7 Å². The van der Waals surface area contributed by atoms with Crippen LogP contribution in [0.1, 0.15) is 0 Å². The molecule has 1 aromatic carbocycles. The highest BCUT2D eigenvalue weighted by molar-refractivity contribution is 8.02. The normalized spacial score (nSPS) is 20.5. The fourth-order valence-electron chi connectivity index (χ4n) is 1.26. The third kappa shape index (κ3) is 2.18. The highest BCUT2D eigenvalue weighted by atomic mass is 32.2. The molecule has 2 N–H and O–H groups in total. The number of hydrogen-bond donors (Lipinski definition) is 2. The van der Waals surface area contributed by atoms with Crippen LogP contribution in [0.15, 0.2) is 35.7 Å². The SMILES string of the molecule is Oc1cccc(NC2C=CSC2)c1. The van der Waals surface area contributed by atoms with E-state index in [-0.39, 0.29) is 0 Å². The van der Waals surface area contributed by atoms with Crippen LogP contribution in [0.2, 0.25) is 0 Å². The Morgan fingerprint density at radius 3 is 3.08 bits per heavy atom. The summed E-state index contributed by atoms with van der Waals surface area (Å²) in [6, 6.07) is 7.59. The average molecular weight is 193 g/mol. The molecule has 0 bridgehead atoms. The Bertz CT molecular complexity index is 324. The average Bonchev–Trinajstić information content (AvgIpc) is 2.57. The molecule has 1 aromatic rings. The summed E-state index contributed by atoms with van der Waals surface area (Å²) in [5.41, 5.74) is 0.970. The van der Waals surface area contributed by atoms with Crippen LogP contribution in [0.4, 0.5) is 5.69 Å². The fraction of sp³-hybridized carbons (Fsp3) is 0.200. The molecule has 1 unspecified atom stereocenters. The van der Waals surface area contributed by atoms with Crippen LogP contribution in [0.25, 0.3) is 0 Å². The number of rotatable bonds is 2. The predicted molar refractivity (Wildman–Crippen MR) is 57.1 cm³/mol. The summed E-state index contributed by atoms with van der Waals surface area (Å²) in [6.45, 7) is 0. The maximum atomic E-state index is 9.22. The number of phenols is 1. The zero-order chi connectivity index (χ0) is 9.10. The Balaban J connectivity index is 2.04. The Kier molecular flexibility index (Phi) is 2.45. The summed E-state index contributed by atoms with van der Waals surface area (Å²) in [4.78, 5) is 0. The molecule has 0 amide bonds. The monoisotopic (exact) mass is 193 g/mol. The third-order valence-corrected chi connectivity index (χ3v) is 2.78. The molecule has 0 radical (unpaired) electrons. The van der Waals surface area contributed by atoms with Gasteiger partial charge in [0.25, 0.3) is 0 Å². The van der Waals surface area contributed by atoms with E-state index in [0.717, 1.165) is 11.4 Å². The van der Waals surface area contributed by atoms with Crippen LogP contribution in [0.3, 0.4) is 0 Å². The molecule has 0 saturated carbocycles. The molecule has 1 atom stereocenters. The van der Waals surface area contributed by atoms with E-state index in [9.17, 15) is 5.11 Å². The maximum Gasteiger partial charge on any atom is 0.117 e.